The number of rotatable bonds is 4. The van der Waals surface area contributed by atoms with E-state index in [0.29, 0.717) is 6.54 Å². The van der Waals surface area contributed by atoms with E-state index in [1.807, 2.05) is 6.92 Å². The lowest BCUT2D eigenvalue weighted by Gasteiger charge is -2.09. The Morgan fingerprint density at radius 1 is 1.89 bits per heavy atom. The van der Waals surface area contributed by atoms with Crippen LogP contribution in [-0.2, 0) is 15.5 Å². The Bertz CT molecular complexity index is 97.8. The van der Waals surface area contributed by atoms with Crippen LogP contribution in [0.2, 0.25) is 0 Å². The van der Waals surface area contributed by atoms with Gasteiger partial charge in [-0.05, 0) is 12.5 Å². The van der Waals surface area contributed by atoms with E-state index in [1.165, 1.54) is 0 Å². The number of hydrogen-bond acceptors (Lipinski definition) is 4. The molecule has 0 amide bonds. The zero-order valence-electron chi connectivity index (χ0n) is 5.20. The van der Waals surface area contributed by atoms with Crippen molar-refractivity contribution >= 4 is 11.4 Å². The first-order valence-corrected chi connectivity index (χ1v) is 3.59. The summed E-state index contributed by atoms with van der Waals surface area (Å²) in [5.41, 5.74) is 5.18. The molecular weight excluding hydrogens is 142 g/mol. The van der Waals surface area contributed by atoms with Crippen molar-refractivity contribution in [2.45, 2.75) is 6.92 Å². The van der Waals surface area contributed by atoms with Crippen molar-refractivity contribution in [2.75, 3.05) is 13.2 Å². The summed E-state index contributed by atoms with van der Waals surface area (Å²) in [6, 6.07) is 0. The van der Waals surface area contributed by atoms with E-state index < -0.39 is 11.4 Å². The molecule has 0 saturated heterocycles. The van der Waals surface area contributed by atoms with Gasteiger partial charge >= 0.3 is 0 Å². The van der Waals surface area contributed by atoms with Gasteiger partial charge in [0.25, 0.3) is 0 Å². The highest BCUT2D eigenvalue weighted by molar-refractivity contribution is 7.74. The van der Waals surface area contributed by atoms with E-state index in [-0.39, 0.29) is 12.5 Å². The Balaban J connectivity index is 3.16. The Kier molecular flexibility index (Phi) is 4.88. The van der Waals surface area contributed by atoms with Crippen LogP contribution in [0.5, 0.6) is 0 Å². The van der Waals surface area contributed by atoms with Crippen LogP contribution in [-0.4, -0.2) is 21.9 Å². The lowest BCUT2D eigenvalue weighted by molar-refractivity contribution is 0.257. The van der Waals surface area contributed by atoms with Gasteiger partial charge in [-0.15, -0.1) is 0 Å². The summed E-state index contributed by atoms with van der Waals surface area (Å²) in [6.07, 6.45) is 0. The second-order valence-electron chi connectivity index (χ2n) is 1.83. The normalized spacial score (nSPS) is 17.2. The molecule has 9 heavy (non-hydrogen) atoms. The van der Waals surface area contributed by atoms with Crippen molar-refractivity contribution in [2.24, 2.45) is 11.7 Å². The maximum Gasteiger partial charge on any atom is 0.0842 e. The number of nitrogens with two attached hydrogens (primary N) is 1. The Morgan fingerprint density at radius 3 is 2.78 bits per heavy atom. The molecule has 0 aromatic heterocycles. The van der Waals surface area contributed by atoms with Gasteiger partial charge in [0, 0.05) is 0 Å². The highest BCUT2D eigenvalue weighted by Crippen LogP contribution is 1.92. The van der Waals surface area contributed by atoms with Gasteiger partial charge in [-0.25, -0.2) is 4.21 Å². The molecule has 0 aliphatic carbocycles. The maximum atomic E-state index is 9.76. The monoisotopic (exact) mass is 152 g/mol. The molecule has 0 radical (unpaired) electrons. The molecule has 0 rings (SSSR count). The second-order valence-corrected chi connectivity index (χ2v) is 2.47. The minimum atomic E-state index is -2.39. The molecule has 0 aliphatic heterocycles. The first-order valence-electron chi connectivity index (χ1n) is 2.59. The third-order valence-corrected chi connectivity index (χ3v) is 1.18. The van der Waals surface area contributed by atoms with Gasteiger partial charge < -0.3 is 14.5 Å². The largest absolute Gasteiger partial charge is 0.750 e. The smallest absolute Gasteiger partial charge is 0.0842 e. The maximum absolute atomic E-state index is 9.76. The first kappa shape index (κ1) is 9.03. The summed E-state index contributed by atoms with van der Waals surface area (Å²) < 4.78 is 23.7. The molecule has 0 fully saturated rings. The van der Waals surface area contributed by atoms with Gasteiger partial charge in [0.05, 0.1) is 18.0 Å². The highest BCUT2D eigenvalue weighted by atomic mass is 32.2. The Labute approximate surface area is 56.9 Å². The third-order valence-electron chi connectivity index (χ3n) is 0.851. The van der Waals surface area contributed by atoms with E-state index in [2.05, 4.69) is 4.18 Å². The van der Waals surface area contributed by atoms with Crippen LogP contribution in [0.15, 0.2) is 0 Å². The van der Waals surface area contributed by atoms with Crippen LogP contribution in [0, 0.1) is 5.92 Å². The van der Waals surface area contributed by atoms with Crippen molar-refractivity contribution in [3.05, 3.63) is 0 Å². The van der Waals surface area contributed by atoms with Crippen molar-refractivity contribution in [1.29, 1.82) is 0 Å². The Hall–Kier alpha value is 0.0300. The molecule has 0 aromatic rings. The fraction of sp³-hybridized carbons (Fsp3) is 1.00. The SMILES string of the molecule is CC(CN)COS(=O)[O-]. The van der Waals surface area contributed by atoms with Crippen LogP contribution in [0.3, 0.4) is 0 Å². The molecule has 0 aliphatic rings. The van der Waals surface area contributed by atoms with Crippen LogP contribution >= 0.6 is 0 Å². The summed E-state index contributed by atoms with van der Waals surface area (Å²) in [5, 5.41) is 0. The van der Waals surface area contributed by atoms with E-state index in [4.69, 9.17) is 5.73 Å². The minimum absolute atomic E-state index is 0.0999. The van der Waals surface area contributed by atoms with Crippen LogP contribution in [0.4, 0.5) is 0 Å². The average molecular weight is 152 g/mol. The van der Waals surface area contributed by atoms with E-state index in [0.717, 1.165) is 0 Å². The molecule has 0 saturated carbocycles. The van der Waals surface area contributed by atoms with Crippen LogP contribution < -0.4 is 5.73 Å². The predicted octanol–water partition coefficient (Wildman–Crippen LogP) is -0.608. The van der Waals surface area contributed by atoms with Crippen molar-refractivity contribution in [3.63, 3.8) is 0 Å². The van der Waals surface area contributed by atoms with E-state index >= 15 is 0 Å². The van der Waals surface area contributed by atoms with Gasteiger partial charge in [0.1, 0.15) is 0 Å². The average Bonchev–Trinajstić information content (AvgIpc) is 1.83. The molecule has 0 aromatic carbocycles. The molecule has 2 unspecified atom stereocenters. The zero-order valence-corrected chi connectivity index (χ0v) is 6.02. The van der Waals surface area contributed by atoms with Gasteiger partial charge in [-0.3, -0.25) is 0 Å². The minimum Gasteiger partial charge on any atom is -0.750 e. The molecule has 2 atom stereocenters. The topological polar surface area (TPSA) is 75.4 Å². The summed E-state index contributed by atoms with van der Waals surface area (Å²) in [7, 11) is 0. The van der Waals surface area contributed by atoms with E-state index in [9.17, 15) is 8.76 Å². The zero-order chi connectivity index (χ0) is 7.28. The summed E-state index contributed by atoms with van der Waals surface area (Å²) in [4.78, 5) is 0. The molecule has 2 N–H and O–H groups in total. The molecule has 0 bridgehead atoms. The van der Waals surface area contributed by atoms with Gasteiger partial charge in [0.2, 0.25) is 0 Å². The lowest BCUT2D eigenvalue weighted by Crippen LogP contribution is -2.17. The van der Waals surface area contributed by atoms with Gasteiger partial charge in [-0.1, -0.05) is 6.92 Å². The summed E-state index contributed by atoms with van der Waals surface area (Å²) in [6.45, 7) is 2.43. The predicted molar refractivity (Wildman–Crippen MR) is 33.1 cm³/mol. The molecule has 0 spiro atoms. The van der Waals surface area contributed by atoms with Gasteiger partial charge in [0.15, 0.2) is 0 Å². The Morgan fingerprint density at radius 2 is 2.44 bits per heavy atom. The number of hydrogen-bond donors (Lipinski definition) is 1. The molecule has 4 nitrogen and oxygen atoms in total. The van der Waals surface area contributed by atoms with Crippen LogP contribution in [0.25, 0.3) is 0 Å². The quantitative estimate of drug-likeness (QED) is 0.545. The fourth-order valence-electron chi connectivity index (χ4n) is 0.240. The fourth-order valence-corrected chi connectivity index (χ4v) is 0.583. The van der Waals surface area contributed by atoms with Gasteiger partial charge in [-0.2, -0.15) is 0 Å². The molecular formula is C4H10NO3S-. The standard InChI is InChI=1S/C4H11NO3S/c1-4(2-5)3-8-9(6)7/h4H,2-3,5H2,1H3,(H,6,7)/p-1. The second kappa shape index (κ2) is 4.87. The highest BCUT2D eigenvalue weighted by Gasteiger charge is 1.97. The van der Waals surface area contributed by atoms with E-state index in [1.54, 1.807) is 0 Å². The van der Waals surface area contributed by atoms with Crippen molar-refractivity contribution < 1.29 is 12.9 Å². The first-order chi connectivity index (χ1) is 4.16. The van der Waals surface area contributed by atoms with Crippen molar-refractivity contribution in [1.82, 2.24) is 0 Å². The summed E-state index contributed by atoms with van der Waals surface area (Å²) in [5.74, 6) is 0.0999. The molecule has 5 heteroatoms. The third kappa shape index (κ3) is 5.91. The van der Waals surface area contributed by atoms with Crippen molar-refractivity contribution in [3.8, 4) is 0 Å². The molecule has 56 valence electrons. The van der Waals surface area contributed by atoms with Crippen LogP contribution in [0.1, 0.15) is 6.92 Å². The molecule has 0 heterocycles. The lowest BCUT2D eigenvalue weighted by atomic mass is 10.2. The summed E-state index contributed by atoms with van der Waals surface area (Å²) >= 11 is -2.39.